The highest BCUT2D eigenvalue weighted by atomic mass is 16.7. The monoisotopic (exact) mass is 430 g/mol. The molecule has 0 saturated carbocycles. The summed E-state index contributed by atoms with van der Waals surface area (Å²) in [6, 6.07) is 19.1. The largest absolute Gasteiger partial charge is 0.511 e. The Hall–Kier alpha value is -3.87. The van der Waals surface area contributed by atoms with Gasteiger partial charge in [0.2, 0.25) is 0 Å². The topological polar surface area (TPSA) is 89.3 Å². The van der Waals surface area contributed by atoms with Gasteiger partial charge < -0.3 is 19.7 Å². The molecule has 2 aromatic carbocycles. The van der Waals surface area contributed by atoms with Gasteiger partial charge in [0.05, 0.1) is 6.54 Å². The molecule has 0 bridgehead atoms. The second-order valence-corrected chi connectivity index (χ2v) is 7.57. The lowest BCUT2D eigenvalue weighted by Gasteiger charge is -2.11. The molecule has 0 aliphatic rings. The van der Waals surface area contributed by atoms with E-state index in [9.17, 15) is 4.79 Å². The average Bonchev–Trinajstić information content (AvgIpc) is 3.14. The molecule has 0 atom stereocenters. The average molecular weight is 431 g/mol. The van der Waals surface area contributed by atoms with Gasteiger partial charge in [0, 0.05) is 19.0 Å². The zero-order valence-electron chi connectivity index (χ0n) is 18.2. The number of imidazole rings is 1. The highest BCUT2D eigenvalue weighted by molar-refractivity contribution is 5.75. The number of benzene rings is 2. The lowest BCUT2D eigenvalue weighted by molar-refractivity contribution is 0.144. The zero-order valence-corrected chi connectivity index (χ0v) is 18.2. The van der Waals surface area contributed by atoms with Crippen molar-refractivity contribution in [2.75, 3.05) is 12.4 Å². The second kappa shape index (κ2) is 9.51. The molecule has 0 radical (unpaired) electrons. The van der Waals surface area contributed by atoms with Crippen molar-refractivity contribution in [3.63, 3.8) is 0 Å². The van der Waals surface area contributed by atoms with Crippen LogP contribution in [-0.4, -0.2) is 32.8 Å². The molecule has 7 nitrogen and oxygen atoms in total. The molecule has 4 aromatic rings. The summed E-state index contributed by atoms with van der Waals surface area (Å²) in [5.41, 5.74) is 4.50. The van der Waals surface area contributed by atoms with Crippen molar-refractivity contribution >= 4 is 23.1 Å². The van der Waals surface area contributed by atoms with Crippen LogP contribution in [0.1, 0.15) is 31.2 Å². The van der Waals surface area contributed by atoms with Gasteiger partial charge in [-0.2, -0.15) is 0 Å². The number of nitrogens with one attached hydrogen (secondary N) is 1. The maximum absolute atomic E-state index is 11.0. The lowest BCUT2D eigenvalue weighted by Crippen LogP contribution is -2.07. The van der Waals surface area contributed by atoms with E-state index < -0.39 is 6.16 Å². The Bertz CT molecular complexity index is 1230. The normalized spacial score (nSPS) is 10.9. The van der Waals surface area contributed by atoms with Gasteiger partial charge in [-0.25, -0.2) is 14.8 Å². The first-order chi connectivity index (χ1) is 15.6. The molecule has 164 valence electrons. The molecule has 0 amide bonds. The van der Waals surface area contributed by atoms with Crippen molar-refractivity contribution in [1.82, 2.24) is 14.5 Å². The Morgan fingerprint density at radius 2 is 1.84 bits per heavy atom. The number of aromatic nitrogens is 3. The number of fused-ring (bicyclic) bond motifs is 1. The molecular weight excluding hydrogens is 404 g/mol. The summed E-state index contributed by atoms with van der Waals surface area (Å²) in [6.45, 7) is 2.83. The second-order valence-electron chi connectivity index (χ2n) is 7.57. The van der Waals surface area contributed by atoms with Crippen molar-refractivity contribution in [2.45, 2.75) is 32.7 Å². The fourth-order valence-electron chi connectivity index (χ4n) is 3.74. The first kappa shape index (κ1) is 21.4. The highest BCUT2D eigenvalue weighted by Gasteiger charge is 2.14. The number of para-hydroxylation sites is 1. The molecule has 0 spiro atoms. The minimum absolute atomic E-state index is 0.319. The van der Waals surface area contributed by atoms with E-state index in [1.807, 2.05) is 55.6 Å². The Morgan fingerprint density at radius 3 is 2.56 bits per heavy atom. The van der Waals surface area contributed by atoms with Crippen LogP contribution in [0.2, 0.25) is 0 Å². The van der Waals surface area contributed by atoms with Crippen LogP contribution in [0.5, 0.6) is 5.75 Å². The zero-order chi connectivity index (χ0) is 22.5. The number of rotatable bonds is 8. The van der Waals surface area contributed by atoms with Crippen LogP contribution >= 0.6 is 0 Å². The van der Waals surface area contributed by atoms with Crippen LogP contribution in [0.4, 0.5) is 10.6 Å². The number of pyridine rings is 1. The van der Waals surface area contributed by atoms with Gasteiger partial charge in [-0.05, 0) is 35.7 Å². The number of unbranched alkanes of at least 4 members (excludes halogenated alkanes) is 1. The van der Waals surface area contributed by atoms with Gasteiger partial charge in [0.1, 0.15) is 22.9 Å². The molecule has 4 rings (SSSR count). The predicted molar refractivity (Wildman–Crippen MR) is 125 cm³/mol. The van der Waals surface area contributed by atoms with E-state index >= 15 is 0 Å². The number of aryl methyl sites for hydroxylation is 1. The third kappa shape index (κ3) is 4.56. The summed E-state index contributed by atoms with van der Waals surface area (Å²) in [5, 5.41) is 12.1. The van der Waals surface area contributed by atoms with Gasteiger partial charge >= 0.3 is 6.16 Å². The first-order valence-corrected chi connectivity index (χ1v) is 10.7. The smallest absolute Gasteiger partial charge is 0.449 e. The quantitative estimate of drug-likeness (QED) is 0.280. The number of hydrogen-bond donors (Lipinski definition) is 2. The van der Waals surface area contributed by atoms with Crippen molar-refractivity contribution in [1.29, 1.82) is 0 Å². The van der Waals surface area contributed by atoms with Crippen molar-refractivity contribution in [2.24, 2.45) is 0 Å². The SMILES string of the molecule is CCCCc1nc2ccc(NC)nc2n1Cc1ccc(-c2ccccc2OC(=O)O)cc1. The molecule has 2 heterocycles. The summed E-state index contributed by atoms with van der Waals surface area (Å²) in [5.74, 6) is 2.16. The molecule has 0 fully saturated rings. The molecule has 0 aliphatic carbocycles. The molecule has 0 aliphatic heterocycles. The number of nitrogens with zero attached hydrogens (tertiary/aromatic N) is 3. The van der Waals surface area contributed by atoms with E-state index in [-0.39, 0.29) is 0 Å². The highest BCUT2D eigenvalue weighted by Crippen LogP contribution is 2.30. The van der Waals surface area contributed by atoms with Gasteiger partial charge in [-0.1, -0.05) is 55.8 Å². The molecular formula is C25H26N4O3. The van der Waals surface area contributed by atoms with Crippen LogP contribution in [-0.2, 0) is 13.0 Å². The van der Waals surface area contributed by atoms with E-state index in [1.54, 1.807) is 12.1 Å². The van der Waals surface area contributed by atoms with Gasteiger partial charge in [0.25, 0.3) is 0 Å². The minimum atomic E-state index is -1.32. The predicted octanol–water partition coefficient (Wildman–Crippen LogP) is 5.59. The lowest BCUT2D eigenvalue weighted by atomic mass is 10.0. The summed E-state index contributed by atoms with van der Waals surface area (Å²) >= 11 is 0. The summed E-state index contributed by atoms with van der Waals surface area (Å²) in [7, 11) is 1.86. The summed E-state index contributed by atoms with van der Waals surface area (Å²) in [4.78, 5) is 20.6. The van der Waals surface area contributed by atoms with Crippen molar-refractivity contribution < 1.29 is 14.6 Å². The van der Waals surface area contributed by atoms with E-state index in [0.29, 0.717) is 12.3 Å². The molecule has 0 saturated heterocycles. The van der Waals surface area contributed by atoms with E-state index in [4.69, 9.17) is 19.8 Å². The Kier molecular flexibility index (Phi) is 6.35. The van der Waals surface area contributed by atoms with E-state index in [0.717, 1.165) is 58.8 Å². The van der Waals surface area contributed by atoms with Gasteiger partial charge in [-0.15, -0.1) is 0 Å². The van der Waals surface area contributed by atoms with E-state index in [2.05, 4.69) is 16.8 Å². The first-order valence-electron chi connectivity index (χ1n) is 10.7. The van der Waals surface area contributed by atoms with Crippen molar-refractivity contribution in [3.8, 4) is 16.9 Å². The Morgan fingerprint density at radius 1 is 1.06 bits per heavy atom. The standard InChI is InChI=1S/C25H26N4O3/c1-3-4-9-23-27-20-14-15-22(26-2)28-24(20)29(23)16-17-10-12-18(13-11-17)19-7-5-6-8-21(19)32-25(30)31/h5-8,10-15H,3-4,9,16H2,1-2H3,(H,26,28)(H,30,31). The molecule has 32 heavy (non-hydrogen) atoms. The third-order valence-corrected chi connectivity index (χ3v) is 5.37. The fourth-order valence-corrected chi connectivity index (χ4v) is 3.74. The van der Waals surface area contributed by atoms with Crippen LogP contribution < -0.4 is 10.1 Å². The maximum Gasteiger partial charge on any atom is 0.511 e. The minimum Gasteiger partial charge on any atom is -0.449 e. The van der Waals surface area contributed by atoms with Gasteiger partial charge in [0.15, 0.2) is 5.65 Å². The van der Waals surface area contributed by atoms with Crippen molar-refractivity contribution in [3.05, 3.63) is 72.1 Å². The molecule has 0 unspecified atom stereocenters. The molecule has 2 aromatic heterocycles. The van der Waals surface area contributed by atoms with Crippen LogP contribution in [0.15, 0.2) is 60.7 Å². The van der Waals surface area contributed by atoms with Crippen LogP contribution in [0.25, 0.3) is 22.3 Å². The third-order valence-electron chi connectivity index (χ3n) is 5.37. The number of carbonyl (C=O) groups is 1. The van der Waals surface area contributed by atoms with Gasteiger partial charge in [-0.3, -0.25) is 0 Å². The number of hydrogen-bond acceptors (Lipinski definition) is 5. The van der Waals surface area contributed by atoms with Crippen LogP contribution in [0.3, 0.4) is 0 Å². The summed E-state index contributed by atoms with van der Waals surface area (Å²) < 4.78 is 7.11. The van der Waals surface area contributed by atoms with E-state index in [1.165, 1.54) is 0 Å². The maximum atomic E-state index is 11.0. The Labute approximate surface area is 186 Å². The number of carboxylic acid groups (broad SMARTS) is 1. The fraction of sp³-hybridized carbons (Fsp3) is 0.240. The number of ether oxygens (including phenoxy) is 1. The summed E-state index contributed by atoms with van der Waals surface area (Å²) in [6.07, 6.45) is 1.75. The van der Waals surface area contributed by atoms with Crippen LogP contribution in [0, 0.1) is 0 Å². The molecule has 7 heteroatoms. The Balaban J connectivity index is 1.66. The molecule has 2 N–H and O–H groups in total. The number of anilines is 1.